The average molecular weight is 267 g/mol. The van der Waals surface area contributed by atoms with Crippen molar-refractivity contribution < 1.29 is 9.18 Å². The number of nitriles is 1. The predicted molar refractivity (Wildman–Crippen MR) is 66.5 cm³/mol. The highest BCUT2D eigenvalue weighted by Crippen LogP contribution is 2.45. The Hall–Kier alpha value is -1.60. The van der Waals surface area contributed by atoms with Gasteiger partial charge < -0.3 is 5.32 Å². The van der Waals surface area contributed by atoms with Gasteiger partial charge in [-0.2, -0.15) is 5.26 Å². The molecular formula is C13H12ClFN2O. The summed E-state index contributed by atoms with van der Waals surface area (Å²) in [5.41, 5.74) is -0.630. The molecule has 1 fully saturated rings. The number of carbonyl (C=O) groups is 1. The van der Waals surface area contributed by atoms with E-state index in [-0.39, 0.29) is 10.9 Å². The number of benzene rings is 1. The van der Waals surface area contributed by atoms with E-state index in [1.807, 2.05) is 6.92 Å². The lowest BCUT2D eigenvalue weighted by Crippen LogP contribution is -2.45. The van der Waals surface area contributed by atoms with Crippen molar-refractivity contribution in [3.05, 3.63) is 29.0 Å². The molecule has 0 aromatic heterocycles. The van der Waals surface area contributed by atoms with Gasteiger partial charge in [0.15, 0.2) is 0 Å². The zero-order valence-corrected chi connectivity index (χ0v) is 10.6. The smallest absolute Gasteiger partial charge is 0.244 e. The molecule has 1 aliphatic rings. The number of rotatable bonds is 2. The molecule has 1 aliphatic carbocycles. The Balaban J connectivity index is 2.15. The molecule has 0 radical (unpaired) electrons. The molecule has 0 spiro atoms. The lowest BCUT2D eigenvalue weighted by Gasteiger charge is -2.39. The molecule has 0 heterocycles. The molecular weight excluding hydrogens is 255 g/mol. The molecule has 1 amide bonds. The Morgan fingerprint density at radius 3 is 2.78 bits per heavy atom. The molecule has 3 nitrogen and oxygen atoms in total. The topological polar surface area (TPSA) is 52.9 Å². The van der Waals surface area contributed by atoms with Crippen LogP contribution in [0.3, 0.4) is 0 Å². The molecule has 94 valence electrons. The van der Waals surface area contributed by atoms with Crippen LogP contribution in [0.2, 0.25) is 5.02 Å². The molecule has 1 aromatic rings. The monoisotopic (exact) mass is 266 g/mol. The summed E-state index contributed by atoms with van der Waals surface area (Å²) in [5.74, 6) is -0.457. The van der Waals surface area contributed by atoms with Crippen molar-refractivity contribution in [3.8, 4) is 6.07 Å². The van der Waals surface area contributed by atoms with Crippen molar-refractivity contribution in [3.63, 3.8) is 0 Å². The minimum atomic E-state index is -0.961. The van der Waals surface area contributed by atoms with Crippen molar-refractivity contribution in [1.29, 1.82) is 5.26 Å². The van der Waals surface area contributed by atoms with Crippen LogP contribution in [0.15, 0.2) is 18.2 Å². The molecule has 0 bridgehead atoms. The number of anilines is 1. The summed E-state index contributed by atoms with van der Waals surface area (Å²) in [5, 5.41) is 11.8. The van der Waals surface area contributed by atoms with Gasteiger partial charge in [-0.1, -0.05) is 18.5 Å². The number of amides is 1. The van der Waals surface area contributed by atoms with E-state index in [4.69, 9.17) is 16.9 Å². The van der Waals surface area contributed by atoms with Gasteiger partial charge in [-0.25, -0.2) is 4.39 Å². The maximum atomic E-state index is 12.9. The van der Waals surface area contributed by atoms with Crippen molar-refractivity contribution in [2.75, 3.05) is 5.32 Å². The first-order valence-corrected chi connectivity index (χ1v) is 6.02. The van der Waals surface area contributed by atoms with Crippen molar-refractivity contribution >= 4 is 23.2 Å². The molecule has 0 aliphatic heterocycles. The summed E-state index contributed by atoms with van der Waals surface area (Å²) in [6.45, 7) is 1.99. The van der Waals surface area contributed by atoms with E-state index in [1.165, 1.54) is 12.1 Å². The van der Waals surface area contributed by atoms with Gasteiger partial charge in [0, 0.05) is 0 Å². The van der Waals surface area contributed by atoms with E-state index in [0.717, 1.165) is 6.07 Å². The highest BCUT2D eigenvalue weighted by atomic mass is 35.5. The van der Waals surface area contributed by atoms with Crippen LogP contribution in [0.25, 0.3) is 0 Å². The quantitative estimate of drug-likeness (QED) is 0.892. The summed E-state index contributed by atoms with van der Waals surface area (Å²) in [6.07, 6.45) is 1.10. The third-order valence-corrected chi connectivity index (χ3v) is 3.53. The molecule has 2 rings (SSSR count). The molecule has 1 N–H and O–H groups in total. The Morgan fingerprint density at radius 2 is 2.28 bits per heavy atom. The Labute approximate surface area is 110 Å². The highest BCUT2D eigenvalue weighted by molar-refractivity contribution is 6.33. The second-order valence-electron chi connectivity index (χ2n) is 4.79. The van der Waals surface area contributed by atoms with E-state index in [0.29, 0.717) is 24.4 Å². The van der Waals surface area contributed by atoms with Gasteiger partial charge in [0.1, 0.15) is 11.2 Å². The Morgan fingerprint density at radius 1 is 1.61 bits per heavy atom. The van der Waals surface area contributed by atoms with Crippen LogP contribution >= 0.6 is 11.6 Å². The first-order valence-electron chi connectivity index (χ1n) is 5.64. The molecule has 1 saturated carbocycles. The molecule has 5 heteroatoms. The Kier molecular flexibility index (Phi) is 3.27. The normalized spacial score (nSPS) is 26.0. The Bertz CT molecular complexity index is 532. The van der Waals surface area contributed by atoms with E-state index in [1.54, 1.807) is 0 Å². The van der Waals surface area contributed by atoms with Crippen molar-refractivity contribution in [1.82, 2.24) is 0 Å². The zero-order valence-electron chi connectivity index (χ0n) is 9.84. The van der Waals surface area contributed by atoms with Gasteiger partial charge in [0.25, 0.3) is 0 Å². The first kappa shape index (κ1) is 12.8. The van der Waals surface area contributed by atoms with E-state index in [9.17, 15) is 9.18 Å². The number of halogens is 2. The zero-order chi connectivity index (χ0) is 13.3. The van der Waals surface area contributed by atoms with Crippen LogP contribution in [0, 0.1) is 28.5 Å². The van der Waals surface area contributed by atoms with E-state index in [2.05, 4.69) is 11.4 Å². The number of nitrogens with one attached hydrogen (secondary N) is 1. The van der Waals surface area contributed by atoms with Gasteiger partial charge in [-0.3, -0.25) is 4.79 Å². The number of nitrogens with zero attached hydrogens (tertiary/aromatic N) is 1. The largest absolute Gasteiger partial charge is 0.323 e. The van der Waals surface area contributed by atoms with Gasteiger partial charge in [-0.05, 0) is 37.0 Å². The van der Waals surface area contributed by atoms with Crippen LogP contribution in [-0.2, 0) is 4.79 Å². The molecule has 0 unspecified atom stereocenters. The first-order chi connectivity index (χ1) is 8.47. The number of carbonyl (C=O) groups excluding carboxylic acids is 1. The molecule has 1 aromatic carbocycles. The number of hydrogen-bond donors (Lipinski definition) is 1. The van der Waals surface area contributed by atoms with Gasteiger partial charge >= 0.3 is 0 Å². The molecule has 0 saturated heterocycles. The summed E-state index contributed by atoms with van der Waals surface area (Å²) in [6, 6.07) is 5.80. The highest BCUT2D eigenvalue weighted by Gasteiger charge is 2.49. The van der Waals surface area contributed by atoms with Crippen molar-refractivity contribution in [2.24, 2.45) is 11.3 Å². The predicted octanol–water partition coefficient (Wildman–Crippen LogP) is 3.36. The van der Waals surface area contributed by atoms with Gasteiger partial charge in [-0.15, -0.1) is 0 Å². The fourth-order valence-electron chi connectivity index (χ4n) is 2.29. The summed E-state index contributed by atoms with van der Waals surface area (Å²) in [4.78, 5) is 12.0. The maximum Gasteiger partial charge on any atom is 0.244 e. The fourth-order valence-corrected chi connectivity index (χ4v) is 2.50. The summed E-state index contributed by atoms with van der Waals surface area (Å²) in [7, 11) is 0. The third kappa shape index (κ3) is 2.19. The van der Waals surface area contributed by atoms with Crippen LogP contribution < -0.4 is 5.32 Å². The summed E-state index contributed by atoms with van der Waals surface area (Å²) < 4.78 is 12.9. The average Bonchev–Trinajstić information content (AvgIpc) is 2.28. The lowest BCUT2D eigenvalue weighted by atomic mass is 9.63. The van der Waals surface area contributed by atoms with Crippen LogP contribution in [0.5, 0.6) is 0 Å². The fraction of sp³-hybridized carbons (Fsp3) is 0.385. The third-order valence-electron chi connectivity index (χ3n) is 3.22. The SMILES string of the molecule is CC1CC(C#N)(C(=O)Nc2ccc(F)cc2Cl)C1. The van der Waals surface area contributed by atoms with Crippen LogP contribution in [0.4, 0.5) is 10.1 Å². The summed E-state index contributed by atoms with van der Waals surface area (Å²) >= 11 is 5.82. The molecule has 0 atom stereocenters. The van der Waals surface area contributed by atoms with E-state index < -0.39 is 11.2 Å². The standard InChI is InChI=1S/C13H12ClFN2O/c1-8-5-13(6-8,7-16)12(18)17-11-3-2-9(15)4-10(11)14/h2-4,8H,5-6H2,1H3,(H,17,18). The van der Waals surface area contributed by atoms with Gasteiger partial charge in [0.2, 0.25) is 5.91 Å². The molecule has 18 heavy (non-hydrogen) atoms. The van der Waals surface area contributed by atoms with Crippen molar-refractivity contribution in [2.45, 2.75) is 19.8 Å². The number of hydrogen-bond acceptors (Lipinski definition) is 2. The maximum absolute atomic E-state index is 12.9. The lowest BCUT2D eigenvalue weighted by molar-refractivity contribution is -0.128. The minimum absolute atomic E-state index is 0.129. The van der Waals surface area contributed by atoms with E-state index >= 15 is 0 Å². The second kappa shape index (κ2) is 4.58. The second-order valence-corrected chi connectivity index (χ2v) is 5.19. The van der Waals surface area contributed by atoms with Crippen LogP contribution in [-0.4, -0.2) is 5.91 Å². The minimum Gasteiger partial charge on any atom is -0.323 e. The van der Waals surface area contributed by atoms with Crippen LogP contribution in [0.1, 0.15) is 19.8 Å². The van der Waals surface area contributed by atoms with Gasteiger partial charge in [0.05, 0.1) is 16.8 Å².